The monoisotopic (exact) mass is 489 g/mol. The highest BCUT2D eigenvalue weighted by Gasteiger charge is 2.20. The van der Waals surface area contributed by atoms with Crippen LogP contribution in [0.1, 0.15) is 53.8 Å². The predicted octanol–water partition coefficient (Wildman–Crippen LogP) is 5.67. The number of rotatable bonds is 6. The van der Waals surface area contributed by atoms with Gasteiger partial charge in [0.2, 0.25) is 0 Å². The van der Waals surface area contributed by atoms with Crippen LogP contribution in [0.3, 0.4) is 0 Å². The topological polar surface area (TPSA) is 82.8 Å². The maximum Gasteiger partial charge on any atom is 0.277 e. The van der Waals surface area contributed by atoms with Crippen molar-refractivity contribution in [2.45, 2.75) is 54.1 Å². The molecular weight excluding hydrogens is 462 g/mol. The Morgan fingerprint density at radius 3 is 2.54 bits per heavy atom. The van der Waals surface area contributed by atoms with E-state index in [1.165, 1.54) is 0 Å². The average molecular weight is 490 g/mol. The van der Waals surface area contributed by atoms with Gasteiger partial charge in [-0.25, -0.2) is 9.97 Å². The van der Waals surface area contributed by atoms with Crippen LogP contribution in [0.15, 0.2) is 47.5 Å². The van der Waals surface area contributed by atoms with Crippen LogP contribution in [0.25, 0.3) is 17.1 Å². The van der Waals surface area contributed by atoms with Crippen molar-refractivity contribution in [3.05, 3.63) is 92.1 Å². The molecule has 0 spiro atoms. The molecular formula is C27H28ClN5O2. The summed E-state index contributed by atoms with van der Waals surface area (Å²) in [6.45, 7) is 11.9. The van der Waals surface area contributed by atoms with Gasteiger partial charge in [0.05, 0.1) is 22.8 Å². The second-order valence-electron chi connectivity index (χ2n) is 8.87. The van der Waals surface area contributed by atoms with Crippen molar-refractivity contribution in [3.63, 3.8) is 0 Å². The van der Waals surface area contributed by atoms with Crippen molar-refractivity contribution in [1.29, 1.82) is 0 Å². The molecule has 0 fully saturated rings. The van der Waals surface area contributed by atoms with Crippen LogP contribution in [-0.2, 0) is 6.61 Å². The first-order valence-electron chi connectivity index (χ1n) is 11.4. The van der Waals surface area contributed by atoms with E-state index in [-0.39, 0.29) is 23.1 Å². The second kappa shape index (κ2) is 9.96. The molecule has 0 aliphatic carbocycles. The molecule has 4 aromatic heterocycles. The summed E-state index contributed by atoms with van der Waals surface area (Å²) in [6, 6.07) is 9.35. The van der Waals surface area contributed by atoms with Crippen molar-refractivity contribution < 1.29 is 4.74 Å². The van der Waals surface area contributed by atoms with Crippen molar-refractivity contribution in [1.82, 2.24) is 24.5 Å². The van der Waals surface area contributed by atoms with Gasteiger partial charge in [-0.05, 0) is 57.5 Å². The van der Waals surface area contributed by atoms with E-state index in [0.717, 1.165) is 39.7 Å². The molecule has 0 saturated carbocycles. The van der Waals surface area contributed by atoms with Crippen molar-refractivity contribution in [3.8, 4) is 22.8 Å². The highest BCUT2D eigenvalue weighted by Crippen LogP contribution is 2.30. The zero-order valence-electron chi connectivity index (χ0n) is 20.8. The Labute approximate surface area is 209 Å². The van der Waals surface area contributed by atoms with Gasteiger partial charge in [-0.1, -0.05) is 31.5 Å². The minimum Gasteiger partial charge on any atom is -0.485 e. The standard InChI is InChI=1S/C27H28ClN5O2/c1-15(2)26-30-13-16(3)24(32-26)22-12-21(10-11-29-22)33-19(6)18(5)25(23(28)27(33)34)35-14-20-9-7-8-17(4)31-20/h7-13,15H,14H2,1-6H3. The van der Waals surface area contributed by atoms with Crippen LogP contribution in [0, 0.1) is 27.7 Å². The summed E-state index contributed by atoms with van der Waals surface area (Å²) in [6.07, 6.45) is 3.48. The molecule has 180 valence electrons. The summed E-state index contributed by atoms with van der Waals surface area (Å²) >= 11 is 6.55. The second-order valence-corrected chi connectivity index (χ2v) is 9.24. The first-order valence-corrected chi connectivity index (χ1v) is 11.8. The van der Waals surface area contributed by atoms with Crippen LogP contribution in [0.5, 0.6) is 5.75 Å². The molecule has 0 saturated heterocycles. The summed E-state index contributed by atoms with van der Waals surface area (Å²) in [5.41, 5.74) is 5.77. The van der Waals surface area contributed by atoms with Crippen molar-refractivity contribution in [2.75, 3.05) is 0 Å². The van der Waals surface area contributed by atoms with Gasteiger partial charge in [0.1, 0.15) is 23.2 Å². The van der Waals surface area contributed by atoms with Gasteiger partial charge in [0, 0.05) is 35.3 Å². The Morgan fingerprint density at radius 2 is 1.83 bits per heavy atom. The van der Waals surface area contributed by atoms with Crippen molar-refractivity contribution >= 4 is 11.6 Å². The van der Waals surface area contributed by atoms with Crippen LogP contribution in [0.4, 0.5) is 0 Å². The highest BCUT2D eigenvalue weighted by atomic mass is 35.5. The van der Waals surface area contributed by atoms with E-state index in [0.29, 0.717) is 17.1 Å². The predicted molar refractivity (Wildman–Crippen MR) is 137 cm³/mol. The van der Waals surface area contributed by atoms with Crippen LogP contribution < -0.4 is 10.3 Å². The molecule has 8 heteroatoms. The SMILES string of the molecule is Cc1cccc(COc2c(C)c(C)n(-c3ccnc(-c4nc(C(C)C)ncc4C)c3)c(=O)c2Cl)n1. The van der Waals surface area contributed by atoms with Gasteiger partial charge in [-0.2, -0.15) is 0 Å². The lowest BCUT2D eigenvalue weighted by molar-refractivity contribution is 0.298. The summed E-state index contributed by atoms with van der Waals surface area (Å²) in [5, 5.41) is 0.0272. The number of aryl methyl sites for hydroxylation is 2. The molecule has 0 atom stereocenters. The number of nitrogens with zero attached hydrogens (tertiary/aromatic N) is 5. The zero-order chi connectivity index (χ0) is 25.3. The summed E-state index contributed by atoms with van der Waals surface area (Å²) in [5.74, 6) is 1.30. The van der Waals surface area contributed by atoms with Gasteiger partial charge < -0.3 is 4.74 Å². The third kappa shape index (κ3) is 4.95. The largest absolute Gasteiger partial charge is 0.485 e. The van der Waals surface area contributed by atoms with E-state index in [1.54, 1.807) is 23.0 Å². The summed E-state index contributed by atoms with van der Waals surface area (Å²) < 4.78 is 7.55. The Morgan fingerprint density at radius 1 is 1.06 bits per heavy atom. The van der Waals surface area contributed by atoms with E-state index in [2.05, 4.69) is 15.0 Å². The zero-order valence-corrected chi connectivity index (χ0v) is 21.5. The van der Waals surface area contributed by atoms with Crippen molar-refractivity contribution in [2.24, 2.45) is 0 Å². The number of halogens is 1. The van der Waals surface area contributed by atoms with Gasteiger partial charge in [0.25, 0.3) is 5.56 Å². The summed E-state index contributed by atoms with van der Waals surface area (Å²) in [7, 11) is 0. The van der Waals surface area contributed by atoms with Gasteiger partial charge in [0.15, 0.2) is 0 Å². The molecule has 0 aliphatic rings. The minimum atomic E-state index is -0.360. The van der Waals surface area contributed by atoms with E-state index in [4.69, 9.17) is 21.3 Å². The molecule has 0 N–H and O–H groups in total. The van der Waals surface area contributed by atoms with E-state index < -0.39 is 0 Å². The Kier molecular flexibility index (Phi) is 6.98. The molecule has 4 rings (SSSR count). The summed E-state index contributed by atoms with van der Waals surface area (Å²) in [4.78, 5) is 31.5. The van der Waals surface area contributed by atoms with Crippen LogP contribution >= 0.6 is 11.6 Å². The maximum atomic E-state index is 13.4. The lowest BCUT2D eigenvalue weighted by Gasteiger charge is -2.18. The molecule has 4 aromatic rings. The van der Waals surface area contributed by atoms with Gasteiger partial charge >= 0.3 is 0 Å². The number of pyridine rings is 3. The smallest absolute Gasteiger partial charge is 0.277 e. The quantitative estimate of drug-likeness (QED) is 0.347. The lowest BCUT2D eigenvalue weighted by atomic mass is 10.1. The van der Waals surface area contributed by atoms with Crippen LogP contribution in [-0.4, -0.2) is 24.5 Å². The molecule has 0 aromatic carbocycles. The van der Waals surface area contributed by atoms with E-state index in [9.17, 15) is 4.79 Å². The first-order chi connectivity index (χ1) is 16.7. The first kappa shape index (κ1) is 24.5. The van der Waals surface area contributed by atoms with Gasteiger partial charge in [-0.3, -0.25) is 19.3 Å². The molecule has 0 radical (unpaired) electrons. The Bertz CT molecular complexity index is 1460. The number of ether oxygens (including phenoxy) is 1. The molecule has 0 bridgehead atoms. The van der Waals surface area contributed by atoms with E-state index >= 15 is 0 Å². The maximum absolute atomic E-state index is 13.4. The Hall–Kier alpha value is -3.58. The number of aromatic nitrogens is 5. The number of hydrogen-bond acceptors (Lipinski definition) is 6. The normalized spacial score (nSPS) is 11.2. The van der Waals surface area contributed by atoms with Gasteiger partial charge in [-0.15, -0.1) is 0 Å². The molecule has 35 heavy (non-hydrogen) atoms. The number of hydrogen-bond donors (Lipinski definition) is 0. The van der Waals surface area contributed by atoms with E-state index in [1.807, 2.05) is 65.8 Å². The third-order valence-corrected chi connectivity index (χ3v) is 6.20. The fraction of sp³-hybridized carbons (Fsp3) is 0.296. The lowest BCUT2D eigenvalue weighted by Crippen LogP contribution is -2.23. The fourth-order valence-corrected chi connectivity index (χ4v) is 4.11. The minimum absolute atomic E-state index is 0.0272. The highest BCUT2D eigenvalue weighted by molar-refractivity contribution is 6.32. The Balaban J connectivity index is 1.75. The molecule has 0 aliphatic heterocycles. The molecule has 0 unspecified atom stereocenters. The third-order valence-electron chi connectivity index (χ3n) is 5.87. The molecule has 0 amide bonds. The average Bonchev–Trinajstić information content (AvgIpc) is 2.83. The molecule has 7 nitrogen and oxygen atoms in total. The molecule has 4 heterocycles. The fourth-order valence-electron chi connectivity index (χ4n) is 3.83. The van der Waals surface area contributed by atoms with Crippen LogP contribution in [0.2, 0.25) is 5.02 Å².